The molecule has 3 nitrogen and oxygen atoms in total. The highest BCUT2D eigenvalue weighted by Gasteiger charge is 2.26. The van der Waals surface area contributed by atoms with E-state index in [1.165, 1.54) is 0 Å². The molecule has 0 spiro atoms. The van der Waals surface area contributed by atoms with Gasteiger partial charge in [0.05, 0.1) is 5.92 Å². The Morgan fingerprint density at radius 3 is 3.15 bits per heavy atom. The second kappa shape index (κ2) is 5.02. The van der Waals surface area contributed by atoms with E-state index in [-0.39, 0.29) is 11.8 Å². The highest BCUT2D eigenvalue weighted by Crippen LogP contribution is 2.15. The standard InChI is InChI=1S/C10H18N2O/c1-3-6-12-10(13)9-5-4-7-11-8(9)2/h3,8-9,11H,1,4-7H2,2H3,(H,12,13). The van der Waals surface area contributed by atoms with Gasteiger partial charge < -0.3 is 10.6 Å². The van der Waals surface area contributed by atoms with Crippen LogP contribution < -0.4 is 10.6 Å². The third kappa shape index (κ3) is 2.84. The minimum Gasteiger partial charge on any atom is -0.352 e. The summed E-state index contributed by atoms with van der Waals surface area (Å²) < 4.78 is 0. The molecule has 0 aromatic carbocycles. The lowest BCUT2D eigenvalue weighted by Gasteiger charge is -2.28. The highest BCUT2D eigenvalue weighted by molar-refractivity contribution is 5.79. The SMILES string of the molecule is C=CCNC(=O)C1CCCNC1C. The van der Waals surface area contributed by atoms with E-state index in [9.17, 15) is 4.79 Å². The maximum absolute atomic E-state index is 11.6. The van der Waals surface area contributed by atoms with Crippen LogP contribution in [0.1, 0.15) is 19.8 Å². The van der Waals surface area contributed by atoms with Crippen LogP contribution in [0.3, 0.4) is 0 Å². The van der Waals surface area contributed by atoms with Crippen molar-refractivity contribution in [3.8, 4) is 0 Å². The van der Waals surface area contributed by atoms with Gasteiger partial charge in [0, 0.05) is 12.6 Å². The Labute approximate surface area is 79.6 Å². The first-order chi connectivity index (χ1) is 6.25. The molecule has 3 heteroatoms. The van der Waals surface area contributed by atoms with Gasteiger partial charge in [-0.2, -0.15) is 0 Å². The summed E-state index contributed by atoms with van der Waals surface area (Å²) in [6.07, 6.45) is 3.80. The maximum atomic E-state index is 11.6. The van der Waals surface area contributed by atoms with Crippen LogP contribution in [0.25, 0.3) is 0 Å². The molecule has 2 N–H and O–H groups in total. The lowest BCUT2D eigenvalue weighted by atomic mass is 9.91. The van der Waals surface area contributed by atoms with E-state index in [0.717, 1.165) is 19.4 Å². The molecule has 1 amide bonds. The van der Waals surface area contributed by atoms with Crippen LogP contribution >= 0.6 is 0 Å². The van der Waals surface area contributed by atoms with Gasteiger partial charge in [-0.1, -0.05) is 6.08 Å². The predicted octanol–water partition coefficient (Wildman–Crippen LogP) is 0.677. The van der Waals surface area contributed by atoms with Gasteiger partial charge in [0.1, 0.15) is 0 Å². The molecule has 1 rings (SSSR count). The van der Waals surface area contributed by atoms with Gasteiger partial charge in [0.15, 0.2) is 0 Å². The van der Waals surface area contributed by atoms with Crippen LogP contribution in [-0.4, -0.2) is 25.0 Å². The molecular formula is C10H18N2O. The lowest BCUT2D eigenvalue weighted by Crippen LogP contribution is -2.46. The Hall–Kier alpha value is -0.830. The van der Waals surface area contributed by atoms with Crippen molar-refractivity contribution in [3.05, 3.63) is 12.7 Å². The van der Waals surface area contributed by atoms with Gasteiger partial charge in [-0.15, -0.1) is 6.58 Å². The van der Waals surface area contributed by atoms with Crippen molar-refractivity contribution in [2.75, 3.05) is 13.1 Å². The number of hydrogen-bond donors (Lipinski definition) is 2. The van der Waals surface area contributed by atoms with E-state index >= 15 is 0 Å². The largest absolute Gasteiger partial charge is 0.352 e. The molecule has 1 aliphatic heterocycles. The van der Waals surface area contributed by atoms with E-state index in [0.29, 0.717) is 12.6 Å². The summed E-state index contributed by atoms with van der Waals surface area (Å²) >= 11 is 0. The van der Waals surface area contributed by atoms with Gasteiger partial charge in [0.25, 0.3) is 0 Å². The molecule has 13 heavy (non-hydrogen) atoms. The third-order valence-electron chi connectivity index (χ3n) is 2.52. The lowest BCUT2D eigenvalue weighted by molar-refractivity contribution is -0.126. The molecule has 1 heterocycles. The van der Waals surface area contributed by atoms with Gasteiger partial charge in [-0.05, 0) is 26.3 Å². The molecule has 0 aromatic heterocycles. The minimum absolute atomic E-state index is 0.133. The van der Waals surface area contributed by atoms with E-state index in [1.807, 2.05) is 0 Å². The zero-order valence-electron chi connectivity index (χ0n) is 8.18. The molecule has 0 aliphatic carbocycles. The van der Waals surface area contributed by atoms with Crippen molar-refractivity contribution < 1.29 is 4.79 Å². The van der Waals surface area contributed by atoms with Crippen molar-refractivity contribution in [1.82, 2.24) is 10.6 Å². The quantitative estimate of drug-likeness (QED) is 0.630. The number of carbonyl (C=O) groups excluding carboxylic acids is 1. The highest BCUT2D eigenvalue weighted by atomic mass is 16.1. The molecule has 2 atom stereocenters. The Bertz CT molecular complexity index is 191. The minimum atomic E-state index is 0.133. The van der Waals surface area contributed by atoms with Crippen LogP contribution in [0.15, 0.2) is 12.7 Å². The van der Waals surface area contributed by atoms with Crippen LogP contribution in [0, 0.1) is 5.92 Å². The van der Waals surface area contributed by atoms with Crippen molar-refractivity contribution in [1.29, 1.82) is 0 Å². The second-order valence-electron chi connectivity index (χ2n) is 3.53. The number of rotatable bonds is 3. The maximum Gasteiger partial charge on any atom is 0.224 e. The fraction of sp³-hybridized carbons (Fsp3) is 0.700. The number of nitrogens with one attached hydrogen (secondary N) is 2. The Balaban J connectivity index is 2.39. The van der Waals surface area contributed by atoms with Crippen molar-refractivity contribution in [2.24, 2.45) is 5.92 Å². The number of amides is 1. The Kier molecular flexibility index (Phi) is 3.96. The smallest absolute Gasteiger partial charge is 0.224 e. The van der Waals surface area contributed by atoms with Crippen LogP contribution in [0.5, 0.6) is 0 Å². The molecule has 1 saturated heterocycles. The summed E-state index contributed by atoms with van der Waals surface area (Å²) in [5.41, 5.74) is 0. The molecular weight excluding hydrogens is 164 g/mol. The van der Waals surface area contributed by atoms with Crippen LogP contribution in [-0.2, 0) is 4.79 Å². The third-order valence-corrected chi connectivity index (χ3v) is 2.52. The van der Waals surface area contributed by atoms with E-state index < -0.39 is 0 Å². The molecule has 0 aromatic rings. The number of piperidine rings is 1. The summed E-state index contributed by atoms with van der Waals surface area (Å²) in [4.78, 5) is 11.6. The van der Waals surface area contributed by atoms with Crippen molar-refractivity contribution in [3.63, 3.8) is 0 Å². The average Bonchev–Trinajstić information content (AvgIpc) is 2.15. The predicted molar refractivity (Wildman–Crippen MR) is 53.4 cm³/mol. The molecule has 0 bridgehead atoms. The van der Waals surface area contributed by atoms with E-state index in [1.54, 1.807) is 6.08 Å². The van der Waals surface area contributed by atoms with Gasteiger partial charge in [-0.3, -0.25) is 4.79 Å². The first-order valence-electron chi connectivity index (χ1n) is 4.87. The van der Waals surface area contributed by atoms with Crippen molar-refractivity contribution in [2.45, 2.75) is 25.8 Å². The molecule has 1 fully saturated rings. The summed E-state index contributed by atoms with van der Waals surface area (Å²) in [7, 11) is 0. The Morgan fingerprint density at radius 2 is 2.54 bits per heavy atom. The monoisotopic (exact) mass is 182 g/mol. The van der Waals surface area contributed by atoms with Crippen LogP contribution in [0.2, 0.25) is 0 Å². The molecule has 1 aliphatic rings. The Morgan fingerprint density at radius 1 is 1.77 bits per heavy atom. The fourth-order valence-corrected chi connectivity index (χ4v) is 1.71. The number of carbonyl (C=O) groups is 1. The number of hydrogen-bond acceptors (Lipinski definition) is 2. The normalized spacial score (nSPS) is 28.1. The summed E-state index contributed by atoms with van der Waals surface area (Å²) in [6.45, 7) is 7.24. The molecule has 0 saturated carbocycles. The van der Waals surface area contributed by atoms with Crippen LogP contribution in [0.4, 0.5) is 0 Å². The average molecular weight is 182 g/mol. The zero-order valence-corrected chi connectivity index (χ0v) is 8.18. The van der Waals surface area contributed by atoms with Gasteiger partial charge >= 0.3 is 0 Å². The zero-order chi connectivity index (χ0) is 9.68. The van der Waals surface area contributed by atoms with Crippen molar-refractivity contribution >= 4 is 5.91 Å². The molecule has 2 unspecified atom stereocenters. The fourth-order valence-electron chi connectivity index (χ4n) is 1.71. The molecule has 0 radical (unpaired) electrons. The second-order valence-corrected chi connectivity index (χ2v) is 3.53. The van der Waals surface area contributed by atoms with E-state index in [4.69, 9.17) is 0 Å². The first-order valence-corrected chi connectivity index (χ1v) is 4.87. The van der Waals surface area contributed by atoms with Gasteiger partial charge in [0.2, 0.25) is 5.91 Å². The summed E-state index contributed by atoms with van der Waals surface area (Å²) in [5.74, 6) is 0.285. The summed E-state index contributed by atoms with van der Waals surface area (Å²) in [5, 5.41) is 6.14. The molecule has 74 valence electrons. The first kappa shape index (κ1) is 10.3. The van der Waals surface area contributed by atoms with Gasteiger partial charge in [-0.25, -0.2) is 0 Å². The topological polar surface area (TPSA) is 41.1 Å². The van der Waals surface area contributed by atoms with E-state index in [2.05, 4.69) is 24.1 Å². The summed E-state index contributed by atoms with van der Waals surface area (Å²) in [6, 6.07) is 0.304.